The Morgan fingerprint density at radius 2 is 0.850 bits per heavy atom. The maximum Gasteiger partial charge on any atom is 0.0726 e. The molecule has 0 saturated heterocycles. The summed E-state index contributed by atoms with van der Waals surface area (Å²) < 4.78 is 0. The summed E-state index contributed by atoms with van der Waals surface area (Å²) in [6, 6.07) is 55.3. The Balaban J connectivity index is 1.04. The zero-order chi connectivity index (χ0) is 38.8. The van der Waals surface area contributed by atoms with E-state index in [-0.39, 0.29) is 5.41 Å². The molecule has 1 spiro atoms. The van der Waals surface area contributed by atoms with Crippen LogP contribution in [0.3, 0.4) is 0 Å². The molecule has 0 aromatic heterocycles. The lowest BCUT2D eigenvalue weighted by Crippen LogP contribution is -2.27. The topological polar surface area (TPSA) is 3.24 Å². The molecule has 60 heavy (non-hydrogen) atoms. The zero-order valence-electron chi connectivity index (χ0n) is 34.4. The minimum atomic E-state index is -0.371. The van der Waals surface area contributed by atoms with Crippen molar-refractivity contribution < 1.29 is 0 Å². The van der Waals surface area contributed by atoms with Crippen molar-refractivity contribution in [3.8, 4) is 22.3 Å². The van der Waals surface area contributed by atoms with Gasteiger partial charge in [-0.3, -0.25) is 0 Å². The van der Waals surface area contributed by atoms with Crippen molar-refractivity contribution in [1.82, 2.24) is 0 Å². The molecule has 0 radical (unpaired) electrons. The lowest BCUT2D eigenvalue weighted by atomic mass is 9.66. The molecular weight excluding hydrogens is 723 g/mol. The summed E-state index contributed by atoms with van der Waals surface area (Å²) in [7, 11) is 0. The number of hydrogen-bond acceptors (Lipinski definition) is 1. The van der Waals surface area contributed by atoms with Crippen molar-refractivity contribution >= 4 is 27.8 Å². The van der Waals surface area contributed by atoms with E-state index in [1.165, 1.54) is 114 Å². The van der Waals surface area contributed by atoms with Gasteiger partial charge >= 0.3 is 0 Å². The van der Waals surface area contributed by atoms with Gasteiger partial charge in [-0.05, 0) is 214 Å². The van der Waals surface area contributed by atoms with Gasteiger partial charge in [0.25, 0.3) is 0 Å². The third-order valence-corrected chi connectivity index (χ3v) is 17.9. The summed E-state index contributed by atoms with van der Waals surface area (Å²) in [4.78, 5) is 2.54. The molecule has 0 heterocycles. The van der Waals surface area contributed by atoms with E-state index in [1.807, 2.05) is 0 Å². The molecule has 7 aromatic carbocycles. The monoisotopic (exact) mass is 773 g/mol. The minimum absolute atomic E-state index is 0.371. The molecule has 292 valence electrons. The van der Waals surface area contributed by atoms with Gasteiger partial charge < -0.3 is 4.90 Å². The Morgan fingerprint density at radius 1 is 0.350 bits per heavy atom. The third-order valence-electron chi connectivity index (χ3n) is 17.9. The highest BCUT2D eigenvalue weighted by Crippen LogP contribution is 2.68. The molecule has 7 aromatic rings. The second-order valence-corrected chi connectivity index (χ2v) is 20.9. The first-order valence-corrected chi connectivity index (χ1v) is 23.6. The summed E-state index contributed by atoms with van der Waals surface area (Å²) in [5, 5.41) is 2.55. The van der Waals surface area contributed by atoms with Crippen LogP contribution in [0.5, 0.6) is 0 Å². The fourth-order valence-electron chi connectivity index (χ4n) is 16.0. The van der Waals surface area contributed by atoms with Crippen molar-refractivity contribution in [3.05, 3.63) is 184 Å². The van der Waals surface area contributed by atoms with Gasteiger partial charge in [0.1, 0.15) is 0 Å². The lowest BCUT2D eigenvalue weighted by Gasteiger charge is -2.38. The largest absolute Gasteiger partial charge is 0.310 e. The summed E-state index contributed by atoms with van der Waals surface area (Å²) in [6.07, 6.45) is 14.2. The highest BCUT2D eigenvalue weighted by Gasteiger charge is 2.55. The van der Waals surface area contributed by atoms with Gasteiger partial charge in [0.15, 0.2) is 0 Å². The van der Waals surface area contributed by atoms with E-state index in [0.29, 0.717) is 11.8 Å². The smallest absolute Gasteiger partial charge is 0.0726 e. The molecule has 4 unspecified atom stereocenters. The van der Waals surface area contributed by atoms with Crippen LogP contribution < -0.4 is 4.90 Å². The van der Waals surface area contributed by atoms with E-state index in [4.69, 9.17) is 0 Å². The molecule has 0 N–H and O–H groups in total. The fourth-order valence-corrected chi connectivity index (χ4v) is 16.0. The van der Waals surface area contributed by atoms with Gasteiger partial charge in [0.05, 0.1) is 11.1 Å². The first-order valence-electron chi connectivity index (χ1n) is 23.6. The predicted molar refractivity (Wildman–Crippen MR) is 246 cm³/mol. The van der Waals surface area contributed by atoms with Crippen LogP contribution in [0.15, 0.2) is 140 Å². The summed E-state index contributed by atoms with van der Waals surface area (Å²) >= 11 is 0. The number of rotatable bonds is 3. The van der Waals surface area contributed by atoms with Gasteiger partial charge in [0, 0.05) is 16.8 Å². The highest BCUT2D eigenvalue weighted by atomic mass is 15.1. The van der Waals surface area contributed by atoms with E-state index in [0.717, 1.165) is 35.5 Å². The second kappa shape index (κ2) is 11.9. The van der Waals surface area contributed by atoms with Crippen molar-refractivity contribution in [2.45, 2.75) is 93.3 Å². The Morgan fingerprint density at radius 3 is 1.48 bits per heavy atom. The highest BCUT2D eigenvalue weighted by molar-refractivity contribution is 6.01. The van der Waals surface area contributed by atoms with Crippen LogP contribution in [-0.2, 0) is 5.41 Å². The number of hydrogen-bond donors (Lipinski definition) is 0. The van der Waals surface area contributed by atoms with Crippen LogP contribution in [0.4, 0.5) is 17.1 Å². The van der Waals surface area contributed by atoms with E-state index in [9.17, 15) is 0 Å². The van der Waals surface area contributed by atoms with Crippen LogP contribution in [0.1, 0.15) is 132 Å². The molecule has 1 nitrogen and oxygen atoms in total. The fraction of sp³-hybridized carbons (Fsp3) is 0.322. The van der Waals surface area contributed by atoms with Crippen molar-refractivity contribution in [3.63, 3.8) is 0 Å². The van der Waals surface area contributed by atoms with Crippen molar-refractivity contribution in [2.75, 3.05) is 4.90 Å². The van der Waals surface area contributed by atoms with Crippen LogP contribution in [0, 0.1) is 23.7 Å². The van der Waals surface area contributed by atoms with Crippen molar-refractivity contribution in [1.29, 1.82) is 0 Å². The molecular formula is C59H51N. The maximum absolute atomic E-state index is 2.85. The number of nitrogens with zero attached hydrogens (tertiary/aromatic N) is 1. The van der Waals surface area contributed by atoms with Crippen LogP contribution in [-0.4, -0.2) is 0 Å². The molecule has 4 fully saturated rings. The van der Waals surface area contributed by atoms with E-state index in [2.05, 4.69) is 144 Å². The Hall–Kier alpha value is -5.40. The molecule has 0 amide bonds. The molecule has 17 rings (SSSR count). The standard InChI is InChI=1S/C59H51N/c1-2-11-43(12-3-1)60(58-16-8-10-38-9-4-5-13-45(38)58)44-17-18-47-46-14-6-7-15-54(46)59(55(47)29-44)56-32-50-41-25-34-19-35(26-41)22-39(21-34)48(50)30-52(56)53-31-49-40-23-36-20-37(24-40)28-42(27-36)51(49)33-57(53)59/h1-18,29-37,39-42H,19-28H2. The third kappa shape index (κ3) is 4.34. The van der Waals surface area contributed by atoms with Gasteiger partial charge in [0.2, 0.25) is 0 Å². The lowest BCUT2D eigenvalue weighted by molar-refractivity contribution is 0.165. The van der Waals surface area contributed by atoms with Crippen LogP contribution in [0.2, 0.25) is 0 Å². The van der Waals surface area contributed by atoms with E-state index < -0.39 is 0 Å². The minimum Gasteiger partial charge on any atom is -0.310 e. The molecule has 1 heteroatoms. The van der Waals surface area contributed by atoms with E-state index >= 15 is 0 Å². The van der Waals surface area contributed by atoms with Gasteiger partial charge in [-0.25, -0.2) is 0 Å². The SMILES string of the molecule is c1ccc(N(c2ccc3c(c2)C2(c4ccccc4-3)c3cc4c(cc3-c3cc5c(cc32)C2CC3CC(CC5C3)C2)C2CC3CC(C2)CC4C3)c2cccc3ccccc23)cc1. The molecule has 8 bridgehead atoms. The Bertz CT molecular complexity index is 2850. The quantitative estimate of drug-likeness (QED) is 0.173. The summed E-state index contributed by atoms with van der Waals surface area (Å²) in [6.45, 7) is 0. The van der Waals surface area contributed by atoms with Gasteiger partial charge in [-0.2, -0.15) is 0 Å². The normalized spacial score (nSPS) is 30.1. The number of benzene rings is 7. The average Bonchev–Trinajstić information content (AvgIpc) is 3.58. The zero-order valence-corrected chi connectivity index (χ0v) is 34.4. The van der Waals surface area contributed by atoms with Gasteiger partial charge in [-0.1, -0.05) is 109 Å². The van der Waals surface area contributed by atoms with Crippen molar-refractivity contribution in [2.24, 2.45) is 23.7 Å². The Labute approximate surface area is 354 Å². The molecule has 4 atom stereocenters. The number of para-hydroxylation sites is 1. The molecule has 10 aliphatic rings. The second-order valence-electron chi connectivity index (χ2n) is 20.9. The first-order chi connectivity index (χ1) is 29.7. The summed E-state index contributed by atoms with van der Waals surface area (Å²) in [5.74, 6) is 6.49. The molecule has 10 aliphatic carbocycles. The maximum atomic E-state index is 2.85. The predicted octanol–water partition coefficient (Wildman–Crippen LogP) is 15.4. The van der Waals surface area contributed by atoms with Gasteiger partial charge in [-0.15, -0.1) is 0 Å². The molecule has 4 saturated carbocycles. The van der Waals surface area contributed by atoms with Crippen LogP contribution in [0.25, 0.3) is 33.0 Å². The summed E-state index contributed by atoms with van der Waals surface area (Å²) in [5.41, 5.74) is 22.2. The number of fused-ring (bicyclic) bond motifs is 11. The van der Waals surface area contributed by atoms with E-state index in [1.54, 1.807) is 44.5 Å². The molecule has 0 aliphatic heterocycles. The average molecular weight is 774 g/mol. The Kier molecular flexibility index (Phi) is 6.62. The number of anilines is 3. The van der Waals surface area contributed by atoms with Crippen LogP contribution >= 0.6 is 0 Å². The first kappa shape index (κ1) is 33.3.